The molecule has 0 fully saturated rings. The minimum absolute atomic E-state index is 0.118. The summed E-state index contributed by atoms with van der Waals surface area (Å²) in [5.74, 6) is 0.437. The normalized spacial score (nSPS) is 10.5. The van der Waals surface area contributed by atoms with Gasteiger partial charge in [0.05, 0.1) is 11.3 Å². The quantitative estimate of drug-likeness (QED) is 0.739. The van der Waals surface area contributed by atoms with Crippen LogP contribution in [0.25, 0.3) is 0 Å². The average Bonchev–Trinajstić information content (AvgIpc) is 3.07. The standard InChI is InChI=1S/C17H15ClN4O/c1-21(16-6-5-15(18)10-20-16)17(23)14-4-2-3-13(9-14)11-22-8-7-19-12-22/h2-10,12H,11H2,1H3. The summed E-state index contributed by atoms with van der Waals surface area (Å²) in [5.41, 5.74) is 1.65. The number of hydrogen-bond donors (Lipinski definition) is 0. The fourth-order valence-electron chi connectivity index (χ4n) is 2.26. The summed E-state index contributed by atoms with van der Waals surface area (Å²) in [5, 5.41) is 0.539. The molecule has 0 saturated heterocycles. The molecule has 0 spiro atoms. The molecule has 0 aliphatic rings. The molecule has 0 aliphatic carbocycles. The van der Waals surface area contributed by atoms with Crippen LogP contribution in [-0.4, -0.2) is 27.5 Å². The van der Waals surface area contributed by atoms with E-state index >= 15 is 0 Å². The predicted molar refractivity (Wildman–Crippen MR) is 89.8 cm³/mol. The Morgan fingerprint density at radius 1 is 1.30 bits per heavy atom. The highest BCUT2D eigenvalue weighted by Crippen LogP contribution is 2.16. The number of halogens is 1. The van der Waals surface area contributed by atoms with Gasteiger partial charge in [0.25, 0.3) is 5.91 Å². The van der Waals surface area contributed by atoms with Crippen molar-refractivity contribution in [3.63, 3.8) is 0 Å². The Labute approximate surface area is 139 Å². The third kappa shape index (κ3) is 3.57. The van der Waals surface area contributed by atoms with Crippen molar-refractivity contribution < 1.29 is 4.79 Å². The Morgan fingerprint density at radius 3 is 2.87 bits per heavy atom. The van der Waals surface area contributed by atoms with E-state index in [1.807, 2.05) is 29.0 Å². The molecule has 1 aromatic carbocycles. The lowest BCUT2D eigenvalue weighted by Crippen LogP contribution is -2.27. The fourth-order valence-corrected chi connectivity index (χ4v) is 2.37. The van der Waals surface area contributed by atoms with Crippen molar-refractivity contribution in [3.05, 3.63) is 77.5 Å². The van der Waals surface area contributed by atoms with Gasteiger partial charge in [-0.2, -0.15) is 0 Å². The number of amides is 1. The number of benzene rings is 1. The van der Waals surface area contributed by atoms with E-state index in [9.17, 15) is 4.79 Å². The minimum Gasteiger partial charge on any atom is -0.333 e. The molecular weight excluding hydrogens is 312 g/mol. The van der Waals surface area contributed by atoms with E-state index in [0.717, 1.165) is 5.56 Å². The van der Waals surface area contributed by atoms with E-state index in [1.54, 1.807) is 37.8 Å². The molecule has 2 aromatic heterocycles. The number of hydrogen-bond acceptors (Lipinski definition) is 3. The zero-order chi connectivity index (χ0) is 16.2. The van der Waals surface area contributed by atoms with Crippen LogP contribution >= 0.6 is 11.6 Å². The zero-order valence-electron chi connectivity index (χ0n) is 12.6. The highest BCUT2D eigenvalue weighted by molar-refractivity contribution is 6.30. The Hall–Kier alpha value is -2.66. The van der Waals surface area contributed by atoms with Gasteiger partial charge in [-0.3, -0.25) is 9.69 Å². The molecule has 2 heterocycles. The molecule has 116 valence electrons. The Kier molecular flexibility index (Phi) is 4.39. The van der Waals surface area contributed by atoms with Gasteiger partial charge < -0.3 is 4.57 Å². The molecule has 6 heteroatoms. The summed E-state index contributed by atoms with van der Waals surface area (Å²) in [7, 11) is 1.70. The van der Waals surface area contributed by atoms with Crippen molar-refractivity contribution in [3.8, 4) is 0 Å². The summed E-state index contributed by atoms with van der Waals surface area (Å²) < 4.78 is 1.95. The summed E-state index contributed by atoms with van der Waals surface area (Å²) in [6.45, 7) is 0.671. The van der Waals surface area contributed by atoms with Crippen LogP contribution in [0.2, 0.25) is 5.02 Å². The van der Waals surface area contributed by atoms with Crippen LogP contribution in [0, 0.1) is 0 Å². The lowest BCUT2D eigenvalue weighted by Gasteiger charge is -2.16. The first-order valence-corrected chi connectivity index (χ1v) is 7.45. The van der Waals surface area contributed by atoms with E-state index in [4.69, 9.17) is 11.6 Å². The number of pyridine rings is 1. The van der Waals surface area contributed by atoms with E-state index < -0.39 is 0 Å². The molecule has 0 saturated carbocycles. The Morgan fingerprint density at radius 2 is 2.17 bits per heavy atom. The number of imidazole rings is 1. The maximum Gasteiger partial charge on any atom is 0.259 e. The Bertz CT molecular complexity index is 800. The molecule has 0 bridgehead atoms. The lowest BCUT2D eigenvalue weighted by molar-refractivity contribution is 0.0992. The van der Waals surface area contributed by atoms with Crippen LogP contribution in [0.1, 0.15) is 15.9 Å². The van der Waals surface area contributed by atoms with Crippen LogP contribution in [0.4, 0.5) is 5.82 Å². The molecule has 0 radical (unpaired) electrons. The van der Waals surface area contributed by atoms with E-state index in [-0.39, 0.29) is 5.91 Å². The molecule has 0 unspecified atom stereocenters. The summed E-state index contributed by atoms with van der Waals surface area (Å²) in [4.78, 5) is 22.3. The SMILES string of the molecule is CN(C(=O)c1cccc(Cn2ccnc2)c1)c1ccc(Cl)cn1. The fraction of sp³-hybridized carbons (Fsp3) is 0.118. The first-order valence-electron chi connectivity index (χ1n) is 7.08. The highest BCUT2D eigenvalue weighted by atomic mass is 35.5. The van der Waals surface area contributed by atoms with Crippen molar-refractivity contribution in [1.82, 2.24) is 14.5 Å². The minimum atomic E-state index is -0.118. The maximum absolute atomic E-state index is 12.6. The third-order valence-corrected chi connectivity index (χ3v) is 3.68. The van der Waals surface area contributed by atoms with E-state index in [1.165, 1.54) is 11.1 Å². The van der Waals surface area contributed by atoms with Crippen LogP contribution in [-0.2, 0) is 6.54 Å². The number of nitrogens with zero attached hydrogens (tertiary/aromatic N) is 4. The zero-order valence-corrected chi connectivity index (χ0v) is 13.3. The van der Waals surface area contributed by atoms with Crippen molar-refractivity contribution in [1.29, 1.82) is 0 Å². The molecule has 0 N–H and O–H groups in total. The maximum atomic E-state index is 12.6. The number of carbonyl (C=O) groups excluding carboxylic acids is 1. The van der Waals surface area contributed by atoms with Crippen LogP contribution in [0.3, 0.4) is 0 Å². The number of carbonyl (C=O) groups is 1. The molecule has 3 rings (SSSR count). The summed E-state index contributed by atoms with van der Waals surface area (Å²) >= 11 is 5.83. The second-order valence-electron chi connectivity index (χ2n) is 5.13. The van der Waals surface area contributed by atoms with Gasteiger partial charge in [-0.25, -0.2) is 9.97 Å². The van der Waals surface area contributed by atoms with E-state index in [2.05, 4.69) is 9.97 Å². The van der Waals surface area contributed by atoms with Gasteiger partial charge in [-0.1, -0.05) is 23.7 Å². The highest BCUT2D eigenvalue weighted by Gasteiger charge is 2.14. The molecule has 3 aromatic rings. The largest absolute Gasteiger partial charge is 0.333 e. The molecule has 5 nitrogen and oxygen atoms in total. The molecule has 1 amide bonds. The molecular formula is C17H15ClN4O. The van der Waals surface area contributed by atoms with E-state index in [0.29, 0.717) is 22.9 Å². The first-order chi connectivity index (χ1) is 11.1. The van der Waals surface area contributed by atoms with Gasteiger partial charge in [-0.15, -0.1) is 0 Å². The van der Waals surface area contributed by atoms with Gasteiger partial charge in [0.15, 0.2) is 0 Å². The van der Waals surface area contributed by atoms with Gasteiger partial charge in [0.1, 0.15) is 5.82 Å². The average molecular weight is 327 g/mol. The smallest absolute Gasteiger partial charge is 0.259 e. The number of anilines is 1. The van der Waals surface area contributed by atoms with Crippen LogP contribution < -0.4 is 4.90 Å². The van der Waals surface area contributed by atoms with Gasteiger partial charge >= 0.3 is 0 Å². The van der Waals surface area contributed by atoms with Gasteiger partial charge in [0, 0.05) is 37.7 Å². The van der Waals surface area contributed by atoms with Gasteiger partial charge in [-0.05, 0) is 29.8 Å². The number of aromatic nitrogens is 3. The predicted octanol–water partition coefficient (Wildman–Crippen LogP) is 3.26. The molecule has 0 aliphatic heterocycles. The van der Waals surface area contributed by atoms with Crippen LogP contribution in [0.5, 0.6) is 0 Å². The summed E-state index contributed by atoms with van der Waals surface area (Å²) in [6, 6.07) is 11.0. The summed E-state index contributed by atoms with van der Waals surface area (Å²) in [6.07, 6.45) is 6.89. The molecule has 23 heavy (non-hydrogen) atoms. The second-order valence-corrected chi connectivity index (χ2v) is 5.57. The van der Waals surface area contributed by atoms with Gasteiger partial charge in [0.2, 0.25) is 0 Å². The monoisotopic (exact) mass is 326 g/mol. The lowest BCUT2D eigenvalue weighted by atomic mass is 10.1. The second kappa shape index (κ2) is 6.62. The third-order valence-electron chi connectivity index (χ3n) is 3.46. The topological polar surface area (TPSA) is 51.0 Å². The van der Waals surface area contributed by atoms with Crippen molar-refractivity contribution >= 4 is 23.3 Å². The van der Waals surface area contributed by atoms with Crippen LogP contribution in [0.15, 0.2) is 61.3 Å². The van der Waals surface area contributed by atoms with Crippen molar-refractivity contribution in [2.75, 3.05) is 11.9 Å². The number of rotatable bonds is 4. The first kappa shape index (κ1) is 15.2. The van der Waals surface area contributed by atoms with Crippen molar-refractivity contribution in [2.24, 2.45) is 0 Å². The molecule has 0 atom stereocenters. The Balaban J connectivity index is 1.80. The van der Waals surface area contributed by atoms with Crippen molar-refractivity contribution in [2.45, 2.75) is 6.54 Å².